The molecular weight excluding hydrogens is 208 g/mol. The molecule has 0 spiro atoms. The highest BCUT2D eigenvalue weighted by Gasteiger charge is 2.50. The number of carbonyl (C=O) groups is 1. The highest BCUT2D eigenvalue weighted by molar-refractivity contribution is 5.93. The Morgan fingerprint density at radius 3 is 2.47 bits per heavy atom. The summed E-state index contributed by atoms with van der Waals surface area (Å²) in [6.07, 6.45) is 5.19. The van der Waals surface area contributed by atoms with Gasteiger partial charge >= 0.3 is 0 Å². The molecule has 0 bridgehead atoms. The van der Waals surface area contributed by atoms with Gasteiger partial charge in [-0.25, -0.2) is 0 Å². The number of rotatable bonds is 6. The minimum Gasteiger partial charge on any atom is -0.299 e. The number of hydrogen-bond donors (Lipinski definition) is 0. The maximum atomic E-state index is 12.4. The van der Waals surface area contributed by atoms with Crippen molar-refractivity contribution < 1.29 is 4.79 Å². The van der Waals surface area contributed by atoms with E-state index < -0.39 is 0 Å². The summed E-state index contributed by atoms with van der Waals surface area (Å²) in [5.74, 6) is 0.998. The van der Waals surface area contributed by atoms with Gasteiger partial charge in [0.25, 0.3) is 0 Å². The molecule has 1 atom stereocenters. The van der Waals surface area contributed by atoms with Gasteiger partial charge in [-0.05, 0) is 24.3 Å². The quantitative estimate of drug-likeness (QED) is 0.718. The molecule has 2 rings (SSSR count). The Hall–Kier alpha value is -1.11. The summed E-state index contributed by atoms with van der Waals surface area (Å²) in [5, 5.41) is 0. The summed E-state index contributed by atoms with van der Waals surface area (Å²) in [5.41, 5.74) is 1.12. The van der Waals surface area contributed by atoms with Crippen molar-refractivity contribution in [3.8, 4) is 0 Å². The normalized spacial score (nSPS) is 18.7. The van der Waals surface area contributed by atoms with E-state index in [-0.39, 0.29) is 5.41 Å². The van der Waals surface area contributed by atoms with E-state index in [0.717, 1.165) is 25.7 Å². The largest absolute Gasteiger partial charge is 0.299 e. The third-order valence-electron chi connectivity index (χ3n) is 3.93. The molecule has 1 aromatic carbocycles. The van der Waals surface area contributed by atoms with E-state index in [4.69, 9.17) is 0 Å². The Bertz CT molecular complexity index is 376. The number of hydrogen-bond acceptors (Lipinski definition) is 1. The molecule has 1 aliphatic rings. The Balaban J connectivity index is 2.04. The van der Waals surface area contributed by atoms with Crippen LogP contribution < -0.4 is 0 Å². The van der Waals surface area contributed by atoms with Gasteiger partial charge in [0.15, 0.2) is 0 Å². The third kappa shape index (κ3) is 2.59. The first kappa shape index (κ1) is 12.3. The van der Waals surface area contributed by atoms with Crippen molar-refractivity contribution in [3.05, 3.63) is 35.9 Å². The maximum absolute atomic E-state index is 12.4. The molecule has 1 aromatic rings. The Morgan fingerprint density at radius 2 is 1.94 bits per heavy atom. The predicted octanol–water partition coefficient (Wildman–Crippen LogP) is 4.11. The monoisotopic (exact) mass is 230 g/mol. The average molecular weight is 230 g/mol. The van der Waals surface area contributed by atoms with Crippen LogP contribution in [0.25, 0.3) is 0 Å². The summed E-state index contributed by atoms with van der Waals surface area (Å²) >= 11 is 0. The second kappa shape index (κ2) is 5.03. The van der Waals surface area contributed by atoms with Crippen molar-refractivity contribution in [1.29, 1.82) is 0 Å². The molecular formula is C16H22O. The molecule has 0 aromatic heterocycles. The number of ketones is 1. The van der Waals surface area contributed by atoms with E-state index in [2.05, 4.69) is 26.0 Å². The van der Waals surface area contributed by atoms with Gasteiger partial charge in [-0.15, -0.1) is 0 Å². The van der Waals surface area contributed by atoms with Crippen LogP contribution in [-0.4, -0.2) is 5.78 Å². The summed E-state index contributed by atoms with van der Waals surface area (Å²) < 4.78 is 0. The van der Waals surface area contributed by atoms with E-state index in [1.54, 1.807) is 0 Å². The lowest BCUT2D eigenvalue weighted by molar-refractivity contribution is -0.122. The van der Waals surface area contributed by atoms with Crippen molar-refractivity contribution in [3.63, 3.8) is 0 Å². The smallest absolute Gasteiger partial charge is 0.143 e. The molecule has 17 heavy (non-hydrogen) atoms. The molecule has 1 saturated carbocycles. The Morgan fingerprint density at radius 1 is 1.29 bits per heavy atom. The molecule has 1 unspecified atom stereocenters. The summed E-state index contributed by atoms with van der Waals surface area (Å²) in [7, 11) is 0. The van der Waals surface area contributed by atoms with Crippen LogP contribution in [0.4, 0.5) is 0 Å². The van der Waals surface area contributed by atoms with Gasteiger partial charge in [-0.1, -0.05) is 57.0 Å². The van der Waals surface area contributed by atoms with Crippen molar-refractivity contribution in [2.24, 2.45) is 5.92 Å². The van der Waals surface area contributed by atoms with Crippen LogP contribution in [0.3, 0.4) is 0 Å². The Kier molecular flexibility index (Phi) is 3.66. The van der Waals surface area contributed by atoms with Gasteiger partial charge in [-0.2, -0.15) is 0 Å². The lowest BCUT2D eigenvalue weighted by Gasteiger charge is -2.17. The van der Waals surface area contributed by atoms with Crippen LogP contribution in [-0.2, 0) is 10.2 Å². The number of Topliss-reactive ketones (excluding diaryl/α,β-unsaturated/α-hetero) is 1. The minimum atomic E-state index is -0.108. The first-order valence-corrected chi connectivity index (χ1v) is 6.78. The van der Waals surface area contributed by atoms with E-state index in [0.29, 0.717) is 11.7 Å². The summed E-state index contributed by atoms with van der Waals surface area (Å²) in [6, 6.07) is 10.3. The molecule has 0 radical (unpaired) electrons. The molecule has 1 fully saturated rings. The second-order valence-electron chi connectivity index (χ2n) is 5.47. The van der Waals surface area contributed by atoms with E-state index in [9.17, 15) is 4.79 Å². The first-order valence-electron chi connectivity index (χ1n) is 6.78. The van der Waals surface area contributed by atoms with Crippen molar-refractivity contribution in [2.45, 2.75) is 51.4 Å². The highest BCUT2D eigenvalue weighted by atomic mass is 16.1. The van der Waals surface area contributed by atoms with Crippen LogP contribution in [0.15, 0.2) is 30.3 Å². The molecule has 0 N–H and O–H groups in total. The SMILES string of the molecule is CCCC(C)CC(=O)C1(c2ccccc2)CC1. The zero-order valence-electron chi connectivity index (χ0n) is 10.9. The topological polar surface area (TPSA) is 17.1 Å². The molecule has 0 amide bonds. The van der Waals surface area contributed by atoms with Crippen molar-refractivity contribution >= 4 is 5.78 Å². The van der Waals surface area contributed by atoms with E-state index in [1.807, 2.05) is 18.2 Å². The molecule has 1 nitrogen and oxygen atoms in total. The lowest BCUT2D eigenvalue weighted by atomic mass is 9.86. The van der Waals surface area contributed by atoms with Crippen LogP contribution in [0.1, 0.15) is 51.5 Å². The van der Waals surface area contributed by atoms with Gasteiger partial charge in [0.05, 0.1) is 5.41 Å². The number of carbonyl (C=O) groups excluding carboxylic acids is 1. The molecule has 1 heteroatoms. The van der Waals surface area contributed by atoms with Gasteiger partial charge in [0, 0.05) is 6.42 Å². The first-order chi connectivity index (χ1) is 8.19. The van der Waals surface area contributed by atoms with Crippen LogP contribution in [0.2, 0.25) is 0 Å². The fourth-order valence-corrected chi connectivity index (χ4v) is 2.72. The van der Waals surface area contributed by atoms with Gasteiger partial charge in [-0.3, -0.25) is 4.79 Å². The summed E-state index contributed by atoms with van der Waals surface area (Å²) in [6.45, 7) is 4.38. The van der Waals surface area contributed by atoms with Gasteiger partial charge in [0.1, 0.15) is 5.78 Å². The zero-order chi connectivity index (χ0) is 12.3. The zero-order valence-corrected chi connectivity index (χ0v) is 10.9. The predicted molar refractivity (Wildman–Crippen MR) is 71.1 cm³/mol. The molecule has 0 heterocycles. The van der Waals surface area contributed by atoms with Crippen molar-refractivity contribution in [2.75, 3.05) is 0 Å². The molecule has 0 aliphatic heterocycles. The van der Waals surface area contributed by atoms with Crippen LogP contribution >= 0.6 is 0 Å². The van der Waals surface area contributed by atoms with Crippen LogP contribution in [0.5, 0.6) is 0 Å². The Labute approximate surface area is 104 Å². The fourth-order valence-electron chi connectivity index (χ4n) is 2.72. The van der Waals surface area contributed by atoms with Crippen LogP contribution in [0, 0.1) is 5.92 Å². The lowest BCUT2D eigenvalue weighted by Crippen LogP contribution is -2.22. The van der Waals surface area contributed by atoms with E-state index >= 15 is 0 Å². The molecule has 92 valence electrons. The van der Waals surface area contributed by atoms with Crippen molar-refractivity contribution in [1.82, 2.24) is 0 Å². The second-order valence-corrected chi connectivity index (χ2v) is 5.47. The van der Waals surface area contributed by atoms with E-state index in [1.165, 1.54) is 12.0 Å². The minimum absolute atomic E-state index is 0.108. The average Bonchev–Trinajstić information content (AvgIpc) is 3.11. The standard InChI is InChI=1S/C16H22O/c1-3-7-13(2)12-15(17)16(10-11-16)14-8-5-4-6-9-14/h4-6,8-9,13H,3,7,10-12H2,1-2H3. The molecule has 0 saturated heterocycles. The van der Waals surface area contributed by atoms with Gasteiger partial charge in [0.2, 0.25) is 0 Å². The fraction of sp³-hybridized carbons (Fsp3) is 0.562. The molecule has 1 aliphatic carbocycles. The maximum Gasteiger partial charge on any atom is 0.143 e. The highest BCUT2D eigenvalue weighted by Crippen LogP contribution is 2.50. The summed E-state index contributed by atoms with van der Waals surface area (Å²) in [4.78, 5) is 12.4. The van der Waals surface area contributed by atoms with Gasteiger partial charge < -0.3 is 0 Å². The third-order valence-corrected chi connectivity index (χ3v) is 3.93. The number of benzene rings is 1.